The number of hydrogen-bond acceptors (Lipinski definition) is 2. The number of halogens is 1. The molecule has 0 aliphatic heterocycles. The fraction of sp³-hybridized carbons (Fsp3) is 0.316. The maximum Gasteiger partial charge on any atom is 0.241 e. The number of nitrogens with two attached hydrogens (primary N) is 1. The molecule has 0 fully saturated rings. The highest BCUT2D eigenvalue weighted by Crippen LogP contribution is 2.14. The van der Waals surface area contributed by atoms with E-state index in [0.717, 1.165) is 17.5 Å². The van der Waals surface area contributed by atoms with Crippen molar-refractivity contribution in [3.05, 3.63) is 70.3 Å². The number of rotatable bonds is 5. The van der Waals surface area contributed by atoms with Gasteiger partial charge in [-0.1, -0.05) is 48.0 Å². The minimum atomic E-state index is -0.612. The van der Waals surface area contributed by atoms with Crippen LogP contribution in [0.1, 0.15) is 33.9 Å². The first-order valence-corrected chi connectivity index (χ1v) is 7.64. The third kappa shape index (κ3) is 5.08. The van der Waals surface area contributed by atoms with Crippen LogP contribution in [0.2, 0.25) is 0 Å². The van der Waals surface area contributed by atoms with Gasteiger partial charge >= 0.3 is 0 Å². The monoisotopic (exact) mass is 332 g/mol. The van der Waals surface area contributed by atoms with E-state index in [0.29, 0.717) is 6.54 Å². The Morgan fingerprint density at radius 1 is 1.04 bits per heavy atom. The van der Waals surface area contributed by atoms with Gasteiger partial charge in [-0.3, -0.25) is 4.79 Å². The minimum absolute atomic E-state index is 0. The quantitative estimate of drug-likeness (QED) is 0.881. The van der Waals surface area contributed by atoms with E-state index in [-0.39, 0.29) is 18.3 Å². The third-order valence-electron chi connectivity index (χ3n) is 4.04. The summed E-state index contributed by atoms with van der Waals surface area (Å²) in [6, 6.07) is 13.4. The molecule has 2 aromatic rings. The lowest BCUT2D eigenvalue weighted by Gasteiger charge is -2.14. The Morgan fingerprint density at radius 3 is 2.17 bits per heavy atom. The number of nitrogens with one attached hydrogen (secondary N) is 1. The van der Waals surface area contributed by atoms with Gasteiger partial charge in [-0.25, -0.2) is 0 Å². The Balaban J connectivity index is 0.00000264. The summed E-state index contributed by atoms with van der Waals surface area (Å²) in [6.45, 7) is 6.81. The van der Waals surface area contributed by atoms with Crippen molar-refractivity contribution >= 4 is 18.3 Å². The molecule has 1 amide bonds. The van der Waals surface area contributed by atoms with Crippen molar-refractivity contribution in [2.24, 2.45) is 5.73 Å². The van der Waals surface area contributed by atoms with E-state index in [1.54, 1.807) is 0 Å². The van der Waals surface area contributed by atoms with Gasteiger partial charge in [-0.2, -0.15) is 0 Å². The van der Waals surface area contributed by atoms with Crippen molar-refractivity contribution in [2.75, 3.05) is 6.54 Å². The van der Waals surface area contributed by atoms with E-state index in [1.807, 2.05) is 31.2 Å². The van der Waals surface area contributed by atoms with Crippen molar-refractivity contribution in [1.29, 1.82) is 0 Å². The first-order chi connectivity index (χ1) is 10.5. The van der Waals surface area contributed by atoms with Crippen LogP contribution in [0.25, 0.3) is 0 Å². The van der Waals surface area contributed by atoms with Crippen molar-refractivity contribution in [2.45, 2.75) is 33.2 Å². The highest BCUT2D eigenvalue weighted by Gasteiger charge is 2.15. The standard InChI is InChI=1S/C19H24N2O.ClH/c1-13-7-9-16(10-8-13)18(20)19(22)21-12-11-17-14(2)5-4-6-15(17)3;/h4-10,18H,11-12,20H2,1-3H3,(H,21,22);1H. The molecule has 2 aromatic carbocycles. The smallest absolute Gasteiger partial charge is 0.241 e. The summed E-state index contributed by atoms with van der Waals surface area (Å²) >= 11 is 0. The van der Waals surface area contributed by atoms with Gasteiger partial charge in [0, 0.05) is 6.54 Å². The number of aryl methyl sites for hydroxylation is 3. The topological polar surface area (TPSA) is 55.1 Å². The molecule has 2 rings (SSSR count). The predicted octanol–water partition coefficient (Wildman–Crippen LogP) is 3.39. The number of amides is 1. The summed E-state index contributed by atoms with van der Waals surface area (Å²) in [7, 11) is 0. The molecule has 0 saturated heterocycles. The molecule has 1 unspecified atom stereocenters. The van der Waals surface area contributed by atoms with Crippen LogP contribution in [-0.2, 0) is 11.2 Å². The van der Waals surface area contributed by atoms with Crippen molar-refractivity contribution in [1.82, 2.24) is 5.32 Å². The molecule has 0 aromatic heterocycles. The Bertz CT molecular complexity index is 633. The fourth-order valence-electron chi connectivity index (χ4n) is 2.59. The van der Waals surface area contributed by atoms with Gasteiger partial charge in [0.2, 0.25) is 5.91 Å². The first-order valence-electron chi connectivity index (χ1n) is 7.64. The van der Waals surface area contributed by atoms with Gasteiger partial charge in [0.25, 0.3) is 0 Å². The number of hydrogen-bond donors (Lipinski definition) is 2. The van der Waals surface area contributed by atoms with Crippen LogP contribution >= 0.6 is 12.4 Å². The number of carbonyl (C=O) groups is 1. The number of carbonyl (C=O) groups excluding carboxylic acids is 1. The van der Waals surface area contributed by atoms with Gasteiger partial charge < -0.3 is 11.1 Å². The van der Waals surface area contributed by atoms with Gasteiger partial charge in [-0.15, -0.1) is 12.4 Å². The lowest BCUT2D eigenvalue weighted by molar-refractivity contribution is -0.122. The minimum Gasteiger partial charge on any atom is -0.354 e. The van der Waals surface area contributed by atoms with E-state index < -0.39 is 6.04 Å². The van der Waals surface area contributed by atoms with E-state index in [4.69, 9.17) is 5.73 Å². The summed E-state index contributed by atoms with van der Waals surface area (Å²) in [5.41, 5.74) is 11.8. The second-order valence-corrected chi connectivity index (χ2v) is 5.80. The summed E-state index contributed by atoms with van der Waals surface area (Å²) in [6.07, 6.45) is 0.824. The molecule has 124 valence electrons. The molecule has 3 N–H and O–H groups in total. The zero-order chi connectivity index (χ0) is 16.1. The van der Waals surface area contributed by atoms with E-state index in [9.17, 15) is 4.79 Å². The molecule has 0 aliphatic rings. The average molecular weight is 333 g/mol. The third-order valence-corrected chi connectivity index (χ3v) is 4.04. The molecule has 0 saturated carbocycles. The second kappa shape index (κ2) is 8.70. The Hall–Kier alpha value is -1.84. The zero-order valence-electron chi connectivity index (χ0n) is 13.9. The molecule has 0 heterocycles. The maximum atomic E-state index is 12.2. The van der Waals surface area contributed by atoms with Gasteiger partial charge in [0.1, 0.15) is 6.04 Å². The summed E-state index contributed by atoms with van der Waals surface area (Å²) in [5.74, 6) is -0.130. The molecule has 0 spiro atoms. The van der Waals surface area contributed by atoms with Gasteiger partial charge in [0.05, 0.1) is 0 Å². The van der Waals surface area contributed by atoms with Crippen LogP contribution in [-0.4, -0.2) is 12.5 Å². The molecule has 4 heteroatoms. The molecular formula is C19H25ClN2O. The van der Waals surface area contributed by atoms with Crippen LogP contribution in [0, 0.1) is 20.8 Å². The Kier molecular flexibility index (Phi) is 7.27. The fourth-order valence-corrected chi connectivity index (χ4v) is 2.59. The lowest BCUT2D eigenvalue weighted by Crippen LogP contribution is -2.35. The van der Waals surface area contributed by atoms with Crippen LogP contribution in [0.5, 0.6) is 0 Å². The van der Waals surface area contributed by atoms with Gasteiger partial charge in [0.15, 0.2) is 0 Å². The second-order valence-electron chi connectivity index (χ2n) is 5.80. The largest absolute Gasteiger partial charge is 0.354 e. The highest BCUT2D eigenvalue weighted by molar-refractivity contribution is 5.85. The van der Waals surface area contributed by atoms with Crippen LogP contribution < -0.4 is 11.1 Å². The molecule has 3 nitrogen and oxygen atoms in total. The van der Waals surface area contributed by atoms with Crippen molar-refractivity contribution in [3.8, 4) is 0 Å². The number of benzene rings is 2. The normalized spacial score (nSPS) is 11.5. The summed E-state index contributed by atoms with van der Waals surface area (Å²) in [5, 5.41) is 2.93. The maximum absolute atomic E-state index is 12.2. The van der Waals surface area contributed by atoms with Gasteiger partial charge in [-0.05, 0) is 49.4 Å². The average Bonchev–Trinajstić information content (AvgIpc) is 2.50. The molecule has 0 radical (unpaired) electrons. The van der Waals surface area contributed by atoms with E-state index >= 15 is 0 Å². The summed E-state index contributed by atoms with van der Waals surface area (Å²) in [4.78, 5) is 12.2. The summed E-state index contributed by atoms with van der Waals surface area (Å²) < 4.78 is 0. The SMILES string of the molecule is Cc1ccc(C(N)C(=O)NCCc2c(C)cccc2C)cc1.Cl. The Labute approximate surface area is 144 Å². The van der Waals surface area contributed by atoms with E-state index in [1.165, 1.54) is 16.7 Å². The first kappa shape index (κ1) is 19.2. The molecule has 1 atom stereocenters. The van der Waals surface area contributed by atoms with E-state index in [2.05, 4.69) is 37.4 Å². The van der Waals surface area contributed by atoms with Crippen molar-refractivity contribution in [3.63, 3.8) is 0 Å². The predicted molar refractivity (Wildman–Crippen MR) is 98.0 cm³/mol. The molecule has 0 bridgehead atoms. The van der Waals surface area contributed by atoms with Crippen molar-refractivity contribution < 1.29 is 4.79 Å². The lowest BCUT2D eigenvalue weighted by atomic mass is 10.00. The zero-order valence-corrected chi connectivity index (χ0v) is 14.7. The molecular weight excluding hydrogens is 308 g/mol. The molecule has 23 heavy (non-hydrogen) atoms. The highest BCUT2D eigenvalue weighted by atomic mass is 35.5. The van der Waals surface area contributed by atoms with Crippen LogP contribution in [0.4, 0.5) is 0 Å². The Morgan fingerprint density at radius 2 is 1.61 bits per heavy atom. The van der Waals surface area contributed by atoms with Crippen LogP contribution in [0.3, 0.4) is 0 Å². The van der Waals surface area contributed by atoms with Crippen LogP contribution in [0.15, 0.2) is 42.5 Å². The molecule has 0 aliphatic carbocycles.